The lowest BCUT2D eigenvalue weighted by Crippen LogP contribution is -2.46. The van der Waals surface area contributed by atoms with Crippen molar-refractivity contribution >= 4 is 22.9 Å². The lowest BCUT2D eigenvalue weighted by Gasteiger charge is -2.37. The summed E-state index contributed by atoms with van der Waals surface area (Å²) in [5, 5.41) is 8.21. The predicted octanol–water partition coefficient (Wildman–Crippen LogP) is 5.34. The van der Waals surface area contributed by atoms with Crippen LogP contribution in [0.25, 0.3) is 17.0 Å². The van der Waals surface area contributed by atoms with Gasteiger partial charge in [-0.3, -0.25) is 0 Å². The maximum Gasteiger partial charge on any atom is 0.258 e. The van der Waals surface area contributed by atoms with E-state index in [0.717, 1.165) is 41.8 Å². The maximum atomic E-state index is 13.5. The van der Waals surface area contributed by atoms with Gasteiger partial charge < -0.3 is 14.7 Å². The van der Waals surface area contributed by atoms with Crippen LogP contribution in [0, 0.1) is 5.82 Å². The summed E-state index contributed by atoms with van der Waals surface area (Å²) in [6, 6.07) is 15.8. The van der Waals surface area contributed by atoms with Crippen LogP contribution in [0.5, 0.6) is 0 Å². The molecular weight excluding hydrogens is 399 g/mol. The summed E-state index contributed by atoms with van der Waals surface area (Å²) in [7, 11) is 0. The second-order valence-electron chi connectivity index (χ2n) is 7.23. The number of hydrogen-bond acceptors (Lipinski definition) is 4. The third-order valence-corrected chi connectivity index (χ3v) is 5.56. The zero-order valence-corrected chi connectivity index (χ0v) is 17.7. The summed E-state index contributed by atoms with van der Waals surface area (Å²) >= 11 is 5.65. The fourth-order valence-electron chi connectivity index (χ4n) is 3.59. The van der Waals surface area contributed by atoms with E-state index in [2.05, 4.69) is 27.3 Å². The molecule has 1 N–H and O–H groups in total. The Balaban J connectivity index is 1.79. The van der Waals surface area contributed by atoms with Crippen molar-refractivity contribution in [2.45, 2.75) is 32.7 Å². The summed E-state index contributed by atoms with van der Waals surface area (Å²) in [5.74, 6) is 0.669. The second kappa shape index (κ2) is 8.75. The van der Waals surface area contributed by atoms with E-state index in [1.807, 2.05) is 37.3 Å². The van der Waals surface area contributed by atoms with E-state index in [1.165, 1.54) is 12.1 Å². The molecule has 1 aliphatic rings. The fraction of sp³-hybridized carbons (Fsp3) is 0.261. The minimum atomic E-state index is -0.306. The lowest BCUT2D eigenvalue weighted by atomic mass is 9.94. The first-order valence-corrected chi connectivity index (χ1v) is 10.4. The number of hydrogen-bond donors (Lipinski definition) is 1. The number of aromatic nitrogens is 2. The maximum absolute atomic E-state index is 13.5. The molecule has 7 heteroatoms. The smallest absolute Gasteiger partial charge is 0.258 e. The number of nitrogens with zero attached hydrogens (tertiary/aromatic N) is 3. The zero-order valence-electron chi connectivity index (χ0n) is 16.9. The highest BCUT2D eigenvalue weighted by Gasteiger charge is 2.33. The van der Waals surface area contributed by atoms with Crippen molar-refractivity contribution in [2.75, 3.05) is 6.54 Å². The van der Waals surface area contributed by atoms with Crippen LogP contribution >= 0.6 is 12.2 Å². The minimum Gasteiger partial charge on any atom is -0.351 e. The Bertz CT molecular complexity index is 1060. The molecule has 30 heavy (non-hydrogen) atoms. The molecule has 0 aliphatic carbocycles. The molecule has 3 aromatic rings. The fourth-order valence-corrected chi connectivity index (χ4v) is 3.93. The predicted molar refractivity (Wildman–Crippen MR) is 119 cm³/mol. The molecular formula is C23H23FN4OS. The van der Waals surface area contributed by atoms with Crippen LogP contribution in [0.2, 0.25) is 0 Å². The summed E-state index contributed by atoms with van der Waals surface area (Å²) in [4.78, 5) is 6.74. The van der Waals surface area contributed by atoms with Crippen molar-refractivity contribution in [2.24, 2.45) is 0 Å². The van der Waals surface area contributed by atoms with Crippen LogP contribution in [0.3, 0.4) is 0 Å². The largest absolute Gasteiger partial charge is 0.351 e. The average molecular weight is 423 g/mol. The van der Waals surface area contributed by atoms with E-state index in [-0.39, 0.29) is 11.9 Å². The van der Waals surface area contributed by atoms with Gasteiger partial charge in [0.2, 0.25) is 5.82 Å². The lowest BCUT2D eigenvalue weighted by molar-refractivity contribution is 0.395. The first-order valence-electron chi connectivity index (χ1n) is 10.0. The van der Waals surface area contributed by atoms with Crippen LogP contribution in [0.4, 0.5) is 4.39 Å². The number of allylic oxidation sites excluding steroid dienone is 1. The van der Waals surface area contributed by atoms with Crippen molar-refractivity contribution in [3.8, 4) is 11.4 Å². The van der Waals surface area contributed by atoms with Crippen LogP contribution < -0.4 is 5.32 Å². The number of unbranched alkanes of at least 4 members (excludes halogenated alkanes) is 1. The molecule has 1 aliphatic heterocycles. The van der Waals surface area contributed by atoms with Crippen LogP contribution in [-0.4, -0.2) is 26.7 Å². The monoisotopic (exact) mass is 422 g/mol. The molecule has 1 atom stereocenters. The molecule has 2 heterocycles. The Kier molecular flexibility index (Phi) is 5.90. The van der Waals surface area contributed by atoms with Crippen LogP contribution in [0.1, 0.15) is 44.2 Å². The molecule has 0 spiro atoms. The highest BCUT2D eigenvalue weighted by Crippen LogP contribution is 2.37. The SMILES string of the molecule is CCCCN1C(=S)NC(c2ccc(F)cc2)C(c2nc(-c3ccccc3)no2)=C1C. The van der Waals surface area contributed by atoms with Gasteiger partial charge in [0.05, 0.1) is 11.6 Å². The molecule has 2 aromatic carbocycles. The van der Waals surface area contributed by atoms with Crippen LogP contribution in [0.15, 0.2) is 64.8 Å². The molecule has 4 rings (SSSR count). The molecule has 0 saturated carbocycles. The topological polar surface area (TPSA) is 54.2 Å². The molecule has 154 valence electrons. The van der Waals surface area contributed by atoms with Gasteiger partial charge in [0.25, 0.3) is 5.89 Å². The number of thiocarbonyl (C=S) groups is 1. The average Bonchev–Trinajstić information content (AvgIpc) is 3.24. The van der Waals surface area contributed by atoms with E-state index in [1.54, 1.807) is 12.1 Å². The summed E-state index contributed by atoms with van der Waals surface area (Å²) in [6.45, 7) is 4.96. The highest BCUT2D eigenvalue weighted by atomic mass is 32.1. The van der Waals surface area contributed by atoms with E-state index in [9.17, 15) is 4.39 Å². The molecule has 1 aromatic heterocycles. The Hall–Kier alpha value is -3.06. The molecule has 1 unspecified atom stereocenters. The van der Waals surface area contributed by atoms with Gasteiger partial charge in [-0.15, -0.1) is 0 Å². The van der Waals surface area contributed by atoms with Gasteiger partial charge in [-0.25, -0.2) is 4.39 Å². The molecule has 5 nitrogen and oxygen atoms in total. The standard InChI is InChI=1S/C23H23FN4OS/c1-3-4-14-28-15(2)19(20(25-23(28)30)16-10-12-18(24)13-11-16)22-26-21(27-29-22)17-8-6-5-7-9-17/h5-13,20H,3-4,14H2,1-2H3,(H,25,30). The molecule has 0 fully saturated rings. The third kappa shape index (κ3) is 3.98. The molecule has 0 bridgehead atoms. The summed E-state index contributed by atoms with van der Waals surface area (Å²) in [5.41, 5.74) is 3.57. The van der Waals surface area contributed by atoms with Gasteiger partial charge in [-0.1, -0.05) is 61.0 Å². The van der Waals surface area contributed by atoms with E-state index >= 15 is 0 Å². The Morgan fingerprint density at radius 1 is 1.13 bits per heavy atom. The Labute approximate surface area is 180 Å². The van der Waals surface area contributed by atoms with Crippen molar-refractivity contribution < 1.29 is 8.91 Å². The molecule has 0 radical (unpaired) electrons. The summed E-state index contributed by atoms with van der Waals surface area (Å²) < 4.78 is 19.2. The Morgan fingerprint density at radius 2 is 1.87 bits per heavy atom. The normalized spacial score (nSPS) is 16.7. The van der Waals surface area contributed by atoms with Gasteiger partial charge in [0, 0.05) is 17.8 Å². The summed E-state index contributed by atoms with van der Waals surface area (Å²) in [6.07, 6.45) is 2.06. The number of rotatable bonds is 6. The Morgan fingerprint density at radius 3 is 2.57 bits per heavy atom. The van der Waals surface area contributed by atoms with Crippen molar-refractivity contribution in [1.82, 2.24) is 20.4 Å². The quantitative estimate of drug-likeness (QED) is 0.541. The van der Waals surface area contributed by atoms with Gasteiger partial charge in [0.15, 0.2) is 5.11 Å². The van der Waals surface area contributed by atoms with Crippen molar-refractivity contribution in [3.63, 3.8) is 0 Å². The number of halogens is 1. The zero-order chi connectivity index (χ0) is 21.1. The third-order valence-electron chi connectivity index (χ3n) is 5.22. The van der Waals surface area contributed by atoms with Gasteiger partial charge in [-0.2, -0.15) is 4.98 Å². The van der Waals surface area contributed by atoms with Crippen molar-refractivity contribution in [3.05, 3.63) is 77.6 Å². The highest BCUT2D eigenvalue weighted by molar-refractivity contribution is 7.80. The first kappa shape index (κ1) is 20.2. The van der Waals surface area contributed by atoms with Crippen molar-refractivity contribution in [1.29, 1.82) is 0 Å². The second-order valence-corrected chi connectivity index (χ2v) is 7.61. The van der Waals surface area contributed by atoms with Gasteiger partial charge >= 0.3 is 0 Å². The van der Waals surface area contributed by atoms with Crippen LogP contribution in [-0.2, 0) is 0 Å². The number of benzene rings is 2. The minimum absolute atomic E-state index is 0.284. The molecule has 0 amide bonds. The van der Waals surface area contributed by atoms with E-state index in [4.69, 9.17) is 16.7 Å². The van der Waals surface area contributed by atoms with E-state index in [0.29, 0.717) is 16.8 Å². The molecule has 0 saturated heterocycles. The number of nitrogens with one attached hydrogen (secondary N) is 1. The first-order chi connectivity index (χ1) is 14.6. The van der Waals surface area contributed by atoms with Gasteiger partial charge in [0.1, 0.15) is 5.82 Å². The van der Waals surface area contributed by atoms with Gasteiger partial charge in [-0.05, 0) is 43.3 Å². The van der Waals surface area contributed by atoms with E-state index < -0.39 is 0 Å².